The second-order valence-corrected chi connectivity index (χ2v) is 11.1. The van der Waals surface area contributed by atoms with E-state index in [9.17, 15) is 13.5 Å². The van der Waals surface area contributed by atoms with Crippen LogP contribution in [0.1, 0.15) is 20.3 Å². The molecule has 1 saturated heterocycles. The third-order valence-corrected chi connectivity index (χ3v) is 8.77. The van der Waals surface area contributed by atoms with Crippen molar-refractivity contribution in [3.05, 3.63) is 41.7 Å². The fraction of sp³-hybridized carbons (Fsp3) is 0.524. The Morgan fingerprint density at radius 2 is 1.87 bits per heavy atom. The zero-order valence-corrected chi connectivity index (χ0v) is 19.3. The van der Waals surface area contributed by atoms with Gasteiger partial charge in [-0.2, -0.15) is 4.31 Å². The average molecular weight is 466 g/mol. The van der Waals surface area contributed by atoms with Crippen molar-refractivity contribution in [3.63, 3.8) is 0 Å². The number of piperazine rings is 1. The molecule has 4 rings (SSSR count). The summed E-state index contributed by atoms with van der Waals surface area (Å²) in [5.74, 6) is 0.873. The summed E-state index contributed by atoms with van der Waals surface area (Å²) in [6.45, 7) is 6.36. The van der Waals surface area contributed by atoms with Crippen LogP contribution in [0.4, 0.5) is 11.6 Å². The Labute approximate surface area is 188 Å². The molecule has 0 spiro atoms. The molecule has 0 bridgehead atoms. The first-order valence-corrected chi connectivity index (χ1v) is 12.2. The van der Waals surface area contributed by atoms with Gasteiger partial charge in [-0.1, -0.05) is 25.4 Å². The summed E-state index contributed by atoms with van der Waals surface area (Å²) in [4.78, 5) is 10.7. The molecule has 10 heteroatoms. The highest BCUT2D eigenvalue weighted by molar-refractivity contribution is 7.89. The molecule has 1 aromatic carbocycles. The van der Waals surface area contributed by atoms with Gasteiger partial charge >= 0.3 is 0 Å². The Morgan fingerprint density at radius 1 is 1.19 bits per heavy atom. The normalized spacial score (nSPS) is 23.9. The number of hydrogen-bond donors (Lipinski definition) is 2. The van der Waals surface area contributed by atoms with Crippen LogP contribution in [0, 0.1) is 11.3 Å². The number of halogens is 1. The molecule has 0 radical (unpaired) electrons. The summed E-state index contributed by atoms with van der Waals surface area (Å²) in [7, 11) is -3.73. The highest BCUT2D eigenvalue weighted by Crippen LogP contribution is 2.46. The van der Waals surface area contributed by atoms with Gasteiger partial charge in [0.15, 0.2) is 0 Å². The Morgan fingerprint density at radius 3 is 2.48 bits per heavy atom. The van der Waals surface area contributed by atoms with E-state index >= 15 is 0 Å². The minimum Gasteiger partial charge on any atom is -0.393 e. The van der Waals surface area contributed by atoms with Crippen LogP contribution in [-0.2, 0) is 10.0 Å². The molecule has 2 N–H and O–H groups in total. The molecular formula is C21H28ClN5O3S. The third-order valence-electron chi connectivity index (χ3n) is 6.59. The highest BCUT2D eigenvalue weighted by Gasteiger charge is 2.46. The molecule has 2 atom stereocenters. The SMILES string of the molecule is CC1(C)C(O)CC1CNc1ccc(Cl)cc1S(=O)(=O)N1CCN(c2ncccn2)CC1. The molecule has 2 unspecified atom stereocenters. The number of sulfonamides is 1. The van der Waals surface area contributed by atoms with E-state index in [4.69, 9.17) is 11.6 Å². The van der Waals surface area contributed by atoms with Gasteiger partial charge in [0.2, 0.25) is 16.0 Å². The number of aliphatic hydroxyl groups excluding tert-OH is 1. The summed E-state index contributed by atoms with van der Waals surface area (Å²) in [6.07, 6.45) is 3.74. The molecule has 1 aliphatic heterocycles. The standard InChI is InChI=1S/C21H28ClN5O3S/c1-21(2)15(12-19(21)28)14-25-17-5-4-16(22)13-18(17)31(29,30)27-10-8-26(9-11-27)20-23-6-3-7-24-20/h3-7,13,15,19,25,28H,8-12,14H2,1-2H3. The smallest absolute Gasteiger partial charge is 0.245 e. The fourth-order valence-electron chi connectivity index (χ4n) is 4.15. The van der Waals surface area contributed by atoms with E-state index in [1.54, 1.807) is 30.6 Å². The average Bonchev–Trinajstić information content (AvgIpc) is 2.78. The van der Waals surface area contributed by atoms with Gasteiger partial charge in [-0.3, -0.25) is 0 Å². The molecule has 2 fully saturated rings. The van der Waals surface area contributed by atoms with E-state index in [-0.39, 0.29) is 22.3 Å². The summed E-state index contributed by atoms with van der Waals surface area (Å²) >= 11 is 6.16. The monoisotopic (exact) mass is 465 g/mol. The summed E-state index contributed by atoms with van der Waals surface area (Å²) in [6, 6.07) is 6.66. The maximum Gasteiger partial charge on any atom is 0.245 e. The first kappa shape index (κ1) is 22.3. The zero-order chi connectivity index (χ0) is 22.2. The lowest BCUT2D eigenvalue weighted by molar-refractivity contribution is -0.0919. The predicted molar refractivity (Wildman–Crippen MR) is 121 cm³/mol. The van der Waals surface area contributed by atoms with Crippen LogP contribution in [0.2, 0.25) is 5.02 Å². The third kappa shape index (κ3) is 4.37. The van der Waals surface area contributed by atoms with Crippen LogP contribution >= 0.6 is 11.6 Å². The lowest BCUT2D eigenvalue weighted by Gasteiger charge is -2.49. The molecule has 2 heterocycles. The molecule has 8 nitrogen and oxygen atoms in total. The fourth-order valence-corrected chi connectivity index (χ4v) is 6.00. The first-order chi connectivity index (χ1) is 14.7. The van der Waals surface area contributed by atoms with Crippen LogP contribution in [-0.4, -0.2) is 66.6 Å². The number of aromatic nitrogens is 2. The van der Waals surface area contributed by atoms with Gasteiger partial charge in [-0.15, -0.1) is 0 Å². The second-order valence-electron chi connectivity index (χ2n) is 8.73. The van der Waals surface area contributed by atoms with Gasteiger partial charge in [-0.25, -0.2) is 18.4 Å². The topological polar surface area (TPSA) is 98.7 Å². The molecule has 31 heavy (non-hydrogen) atoms. The number of anilines is 2. The van der Waals surface area contributed by atoms with Crippen molar-refractivity contribution in [2.75, 3.05) is 42.9 Å². The van der Waals surface area contributed by atoms with Gasteiger partial charge in [-0.05, 0) is 42.0 Å². The van der Waals surface area contributed by atoms with Crippen molar-refractivity contribution in [2.45, 2.75) is 31.3 Å². The second kappa shape index (κ2) is 8.54. The maximum atomic E-state index is 13.4. The predicted octanol–water partition coefficient (Wildman–Crippen LogP) is 2.46. The summed E-state index contributed by atoms with van der Waals surface area (Å²) in [5, 5.41) is 13.6. The molecular weight excluding hydrogens is 438 g/mol. The summed E-state index contributed by atoms with van der Waals surface area (Å²) < 4.78 is 28.4. The Hall–Kier alpha value is -1.94. The molecule has 1 aliphatic carbocycles. The van der Waals surface area contributed by atoms with Crippen molar-refractivity contribution in [2.24, 2.45) is 11.3 Å². The van der Waals surface area contributed by atoms with Gasteiger partial charge in [0.1, 0.15) is 4.90 Å². The van der Waals surface area contributed by atoms with E-state index in [0.29, 0.717) is 55.8 Å². The van der Waals surface area contributed by atoms with Crippen molar-refractivity contribution in [1.82, 2.24) is 14.3 Å². The first-order valence-electron chi connectivity index (χ1n) is 10.4. The Kier molecular flexibility index (Phi) is 6.13. The number of nitrogens with zero attached hydrogens (tertiary/aromatic N) is 4. The quantitative estimate of drug-likeness (QED) is 0.676. The van der Waals surface area contributed by atoms with Gasteiger partial charge in [0.05, 0.1) is 11.8 Å². The number of aliphatic hydroxyl groups is 1. The Balaban J connectivity index is 1.48. The van der Waals surface area contributed by atoms with E-state index in [1.165, 1.54) is 10.4 Å². The molecule has 1 saturated carbocycles. The molecule has 1 aromatic heterocycles. The van der Waals surface area contributed by atoms with E-state index in [0.717, 1.165) is 0 Å². The Bertz CT molecular complexity index is 1030. The van der Waals surface area contributed by atoms with Crippen LogP contribution in [0.25, 0.3) is 0 Å². The molecule has 0 amide bonds. The highest BCUT2D eigenvalue weighted by atomic mass is 35.5. The summed E-state index contributed by atoms with van der Waals surface area (Å²) in [5.41, 5.74) is 0.351. The van der Waals surface area contributed by atoms with Crippen LogP contribution in [0.5, 0.6) is 0 Å². The van der Waals surface area contributed by atoms with Gasteiger partial charge in [0.25, 0.3) is 0 Å². The lowest BCUT2D eigenvalue weighted by Crippen LogP contribution is -2.51. The zero-order valence-electron chi connectivity index (χ0n) is 17.7. The van der Waals surface area contributed by atoms with Gasteiger partial charge in [0, 0.05) is 50.1 Å². The minimum absolute atomic E-state index is 0.182. The van der Waals surface area contributed by atoms with Crippen molar-refractivity contribution >= 4 is 33.3 Å². The lowest BCUT2D eigenvalue weighted by atomic mass is 9.60. The number of rotatable bonds is 6. The molecule has 2 aromatic rings. The number of benzene rings is 1. The maximum absolute atomic E-state index is 13.4. The van der Waals surface area contributed by atoms with Crippen molar-refractivity contribution in [1.29, 1.82) is 0 Å². The van der Waals surface area contributed by atoms with Crippen LogP contribution in [0.15, 0.2) is 41.6 Å². The molecule has 168 valence electrons. The van der Waals surface area contributed by atoms with Crippen molar-refractivity contribution in [3.8, 4) is 0 Å². The van der Waals surface area contributed by atoms with Crippen LogP contribution in [0.3, 0.4) is 0 Å². The van der Waals surface area contributed by atoms with Crippen LogP contribution < -0.4 is 10.2 Å². The molecule has 2 aliphatic rings. The number of hydrogen-bond acceptors (Lipinski definition) is 7. The van der Waals surface area contributed by atoms with E-state index < -0.39 is 10.0 Å². The minimum atomic E-state index is -3.73. The van der Waals surface area contributed by atoms with Gasteiger partial charge < -0.3 is 15.3 Å². The van der Waals surface area contributed by atoms with E-state index in [2.05, 4.69) is 15.3 Å². The number of nitrogens with one attached hydrogen (secondary N) is 1. The largest absolute Gasteiger partial charge is 0.393 e. The van der Waals surface area contributed by atoms with Crippen molar-refractivity contribution < 1.29 is 13.5 Å². The van der Waals surface area contributed by atoms with E-state index in [1.807, 2.05) is 18.7 Å².